The Morgan fingerprint density at radius 2 is 2.14 bits per heavy atom. The highest BCUT2D eigenvalue weighted by molar-refractivity contribution is 5.65. The minimum Gasteiger partial charge on any atom is -0.497 e. The van der Waals surface area contributed by atoms with E-state index in [1.165, 1.54) is 0 Å². The lowest BCUT2D eigenvalue weighted by atomic mass is 10.1. The van der Waals surface area contributed by atoms with Crippen molar-refractivity contribution in [2.45, 2.75) is 13.0 Å². The molecule has 0 bridgehead atoms. The fraction of sp³-hybridized carbons (Fsp3) is 0.333. The van der Waals surface area contributed by atoms with Gasteiger partial charge in [0.05, 0.1) is 25.6 Å². The largest absolute Gasteiger partial charge is 0.497 e. The Morgan fingerprint density at radius 3 is 2.95 bits per heavy atom. The number of fused-ring (bicyclic) bond motifs is 1. The van der Waals surface area contributed by atoms with Crippen molar-refractivity contribution in [3.8, 4) is 11.5 Å². The first-order chi connectivity index (χ1) is 10.3. The molecular formula is C15H18N4O2. The standard InChI is InChI=1S/C15H18N4O2/c1-20-11-3-4-14(21-2)13(7-11)19-15-17-9-10-8-16-6-5-12(10)18-15/h3-4,7,9,16H,5-6,8H2,1-2H3,(H,17,18,19). The maximum absolute atomic E-state index is 5.35. The molecule has 0 fully saturated rings. The number of hydrogen-bond donors (Lipinski definition) is 2. The van der Waals surface area contributed by atoms with Crippen molar-refractivity contribution in [1.82, 2.24) is 15.3 Å². The van der Waals surface area contributed by atoms with Gasteiger partial charge >= 0.3 is 0 Å². The smallest absolute Gasteiger partial charge is 0.227 e. The molecule has 21 heavy (non-hydrogen) atoms. The van der Waals surface area contributed by atoms with Gasteiger partial charge in [-0.2, -0.15) is 0 Å². The van der Waals surface area contributed by atoms with Gasteiger partial charge in [-0.25, -0.2) is 9.97 Å². The lowest BCUT2D eigenvalue weighted by Gasteiger charge is -2.17. The van der Waals surface area contributed by atoms with E-state index in [1.54, 1.807) is 14.2 Å². The number of benzene rings is 1. The molecule has 0 saturated heterocycles. The third kappa shape index (κ3) is 2.90. The van der Waals surface area contributed by atoms with E-state index < -0.39 is 0 Å². The number of methoxy groups -OCH3 is 2. The van der Waals surface area contributed by atoms with E-state index >= 15 is 0 Å². The minimum atomic E-state index is 0.571. The summed E-state index contributed by atoms with van der Waals surface area (Å²) in [5.74, 6) is 2.04. The molecule has 0 spiro atoms. The minimum absolute atomic E-state index is 0.571. The predicted octanol–water partition coefficient (Wildman–Crippen LogP) is 1.88. The SMILES string of the molecule is COc1ccc(OC)c(Nc2ncc3c(n2)CCNC3)c1. The fourth-order valence-electron chi connectivity index (χ4n) is 2.33. The molecule has 110 valence electrons. The number of anilines is 2. The molecule has 2 heterocycles. The highest BCUT2D eigenvalue weighted by Gasteiger charge is 2.13. The van der Waals surface area contributed by atoms with Crippen molar-refractivity contribution in [1.29, 1.82) is 0 Å². The number of ether oxygens (including phenoxy) is 2. The first kappa shape index (κ1) is 13.6. The molecule has 0 unspecified atom stereocenters. The van der Waals surface area contributed by atoms with Crippen LogP contribution < -0.4 is 20.1 Å². The summed E-state index contributed by atoms with van der Waals surface area (Å²) in [7, 11) is 3.26. The maximum Gasteiger partial charge on any atom is 0.227 e. The van der Waals surface area contributed by atoms with Gasteiger partial charge in [0, 0.05) is 37.3 Å². The second-order valence-corrected chi connectivity index (χ2v) is 4.78. The molecular weight excluding hydrogens is 268 g/mol. The van der Waals surface area contributed by atoms with Crippen LogP contribution in [0.5, 0.6) is 11.5 Å². The number of rotatable bonds is 4. The van der Waals surface area contributed by atoms with Crippen LogP contribution >= 0.6 is 0 Å². The number of hydrogen-bond acceptors (Lipinski definition) is 6. The second-order valence-electron chi connectivity index (χ2n) is 4.78. The normalized spacial score (nSPS) is 13.4. The molecule has 1 aromatic carbocycles. The van der Waals surface area contributed by atoms with E-state index in [2.05, 4.69) is 20.6 Å². The van der Waals surface area contributed by atoms with Crippen LogP contribution in [0.1, 0.15) is 11.3 Å². The van der Waals surface area contributed by atoms with Crippen LogP contribution in [0.3, 0.4) is 0 Å². The Hall–Kier alpha value is -2.34. The van der Waals surface area contributed by atoms with Gasteiger partial charge in [0.15, 0.2) is 0 Å². The number of nitrogens with one attached hydrogen (secondary N) is 2. The summed E-state index contributed by atoms with van der Waals surface area (Å²) in [4.78, 5) is 8.94. The van der Waals surface area contributed by atoms with Crippen molar-refractivity contribution < 1.29 is 9.47 Å². The summed E-state index contributed by atoms with van der Waals surface area (Å²) < 4.78 is 10.6. The summed E-state index contributed by atoms with van der Waals surface area (Å²) in [5, 5.41) is 6.51. The summed E-state index contributed by atoms with van der Waals surface area (Å²) in [6, 6.07) is 5.57. The van der Waals surface area contributed by atoms with Crippen LogP contribution in [0.15, 0.2) is 24.4 Å². The molecule has 0 atom stereocenters. The third-order valence-electron chi connectivity index (χ3n) is 3.46. The lowest BCUT2D eigenvalue weighted by molar-refractivity contribution is 0.405. The molecule has 0 saturated carbocycles. The predicted molar refractivity (Wildman–Crippen MR) is 80.3 cm³/mol. The van der Waals surface area contributed by atoms with Gasteiger partial charge in [-0.1, -0.05) is 0 Å². The van der Waals surface area contributed by atoms with Crippen LogP contribution in [0.2, 0.25) is 0 Å². The zero-order valence-electron chi connectivity index (χ0n) is 12.1. The maximum atomic E-state index is 5.35. The Kier molecular flexibility index (Phi) is 3.87. The van der Waals surface area contributed by atoms with Gasteiger partial charge in [-0.3, -0.25) is 0 Å². The molecule has 6 heteroatoms. The van der Waals surface area contributed by atoms with Crippen LogP contribution in [-0.2, 0) is 13.0 Å². The molecule has 1 aliphatic rings. The average Bonchev–Trinajstić information content (AvgIpc) is 2.54. The topological polar surface area (TPSA) is 68.3 Å². The molecule has 0 radical (unpaired) electrons. The van der Waals surface area contributed by atoms with E-state index in [0.29, 0.717) is 5.95 Å². The van der Waals surface area contributed by atoms with Gasteiger partial charge in [0.25, 0.3) is 0 Å². The second kappa shape index (κ2) is 5.97. The Balaban J connectivity index is 1.89. The van der Waals surface area contributed by atoms with Crippen LogP contribution in [0.4, 0.5) is 11.6 Å². The Morgan fingerprint density at radius 1 is 1.24 bits per heavy atom. The van der Waals surface area contributed by atoms with E-state index in [1.807, 2.05) is 24.4 Å². The molecule has 2 aromatic rings. The zero-order chi connectivity index (χ0) is 14.7. The highest BCUT2D eigenvalue weighted by Crippen LogP contribution is 2.30. The first-order valence-electron chi connectivity index (χ1n) is 6.84. The van der Waals surface area contributed by atoms with Crippen molar-refractivity contribution in [3.63, 3.8) is 0 Å². The van der Waals surface area contributed by atoms with Crippen LogP contribution in [-0.4, -0.2) is 30.7 Å². The lowest BCUT2D eigenvalue weighted by Crippen LogP contribution is -2.25. The van der Waals surface area contributed by atoms with Gasteiger partial charge in [0.1, 0.15) is 11.5 Å². The van der Waals surface area contributed by atoms with Crippen molar-refractivity contribution >= 4 is 11.6 Å². The summed E-state index contributed by atoms with van der Waals surface area (Å²) in [5.41, 5.74) is 3.03. The van der Waals surface area contributed by atoms with E-state index in [-0.39, 0.29) is 0 Å². The highest BCUT2D eigenvalue weighted by atomic mass is 16.5. The van der Waals surface area contributed by atoms with Gasteiger partial charge in [-0.05, 0) is 12.1 Å². The molecule has 2 N–H and O–H groups in total. The Bertz CT molecular complexity index is 646. The summed E-state index contributed by atoms with van der Waals surface area (Å²) >= 11 is 0. The molecule has 1 aliphatic heterocycles. The van der Waals surface area contributed by atoms with Crippen molar-refractivity contribution in [2.75, 3.05) is 26.1 Å². The van der Waals surface area contributed by atoms with E-state index in [9.17, 15) is 0 Å². The quantitative estimate of drug-likeness (QED) is 0.894. The van der Waals surface area contributed by atoms with Crippen LogP contribution in [0.25, 0.3) is 0 Å². The summed E-state index contributed by atoms with van der Waals surface area (Å²) in [6.45, 7) is 1.78. The van der Waals surface area contributed by atoms with Gasteiger partial charge < -0.3 is 20.1 Å². The van der Waals surface area contributed by atoms with Crippen molar-refractivity contribution in [3.05, 3.63) is 35.7 Å². The molecule has 0 amide bonds. The molecule has 1 aromatic heterocycles. The fourth-order valence-corrected chi connectivity index (χ4v) is 2.33. The number of nitrogens with zero attached hydrogens (tertiary/aromatic N) is 2. The van der Waals surface area contributed by atoms with Crippen molar-refractivity contribution in [2.24, 2.45) is 0 Å². The molecule has 6 nitrogen and oxygen atoms in total. The summed E-state index contributed by atoms with van der Waals surface area (Å²) in [6.07, 6.45) is 2.78. The first-order valence-corrected chi connectivity index (χ1v) is 6.84. The third-order valence-corrected chi connectivity index (χ3v) is 3.46. The molecule has 3 rings (SSSR count). The Labute approximate surface area is 123 Å². The number of aromatic nitrogens is 2. The van der Waals surface area contributed by atoms with Gasteiger partial charge in [-0.15, -0.1) is 0 Å². The van der Waals surface area contributed by atoms with E-state index in [4.69, 9.17) is 9.47 Å². The van der Waals surface area contributed by atoms with Gasteiger partial charge in [0.2, 0.25) is 5.95 Å². The van der Waals surface area contributed by atoms with E-state index in [0.717, 1.165) is 48.0 Å². The average molecular weight is 286 g/mol. The monoisotopic (exact) mass is 286 g/mol. The van der Waals surface area contributed by atoms with Crippen LogP contribution in [0, 0.1) is 0 Å². The zero-order valence-corrected chi connectivity index (χ0v) is 12.1. The molecule has 0 aliphatic carbocycles.